The molecule has 3 aromatic rings. The number of hydrogen-bond donors (Lipinski definition) is 0. The van der Waals surface area contributed by atoms with Crippen LogP contribution in [-0.2, 0) is 14.3 Å². The number of thiazole rings is 1. The number of para-hydroxylation sites is 1. The highest BCUT2D eigenvalue weighted by molar-refractivity contribution is 7.07. The highest BCUT2D eigenvalue weighted by Crippen LogP contribution is 2.35. The maximum absolute atomic E-state index is 13.7. The van der Waals surface area contributed by atoms with E-state index in [1.807, 2.05) is 12.1 Å². The summed E-state index contributed by atoms with van der Waals surface area (Å²) in [6.07, 6.45) is 1.67. The summed E-state index contributed by atoms with van der Waals surface area (Å²) in [6.45, 7) is 3.02. The molecular formula is C26H23N2O7S-. The summed E-state index contributed by atoms with van der Waals surface area (Å²) in [5, 5.41) is 10.7. The Kier molecular flexibility index (Phi) is 7.35. The molecule has 0 spiro atoms. The molecule has 0 unspecified atom stereocenters. The van der Waals surface area contributed by atoms with Crippen molar-refractivity contribution in [3.63, 3.8) is 0 Å². The third-order valence-corrected chi connectivity index (χ3v) is 6.45. The van der Waals surface area contributed by atoms with Gasteiger partial charge in [-0.15, -0.1) is 0 Å². The Labute approximate surface area is 210 Å². The molecule has 186 valence electrons. The fourth-order valence-corrected chi connectivity index (χ4v) is 5.01. The Bertz CT molecular complexity index is 1530. The number of methoxy groups -OCH3 is 1. The molecule has 1 aliphatic rings. The number of carboxylic acids is 1. The number of rotatable bonds is 8. The second-order valence-corrected chi connectivity index (χ2v) is 8.79. The largest absolute Gasteiger partial charge is 0.546 e. The molecule has 0 aliphatic carbocycles. The van der Waals surface area contributed by atoms with Gasteiger partial charge in [0.25, 0.3) is 5.56 Å². The van der Waals surface area contributed by atoms with E-state index in [9.17, 15) is 19.5 Å². The van der Waals surface area contributed by atoms with Gasteiger partial charge in [0.1, 0.15) is 24.1 Å². The maximum atomic E-state index is 13.7. The Morgan fingerprint density at radius 2 is 1.97 bits per heavy atom. The van der Waals surface area contributed by atoms with Gasteiger partial charge in [0.2, 0.25) is 0 Å². The van der Waals surface area contributed by atoms with Crippen LogP contribution in [0, 0.1) is 0 Å². The molecule has 0 bridgehead atoms. The number of allylic oxidation sites excluding steroid dienone is 1. The Balaban J connectivity index is 1.89. The molecule has 36 heavy (non-hydrogen) atoms. The third kappa shape index (κ3) is 4.94. The smallest absolute Gasteiger partial charge is 0.338 e. The molecule has 1 aromatic heterocycles. The van der Waals surface area contributed by atoms with Crippen LogP contribution in [0.1, 0.15) is 31.0 Å². The van der Waals surface area contributed by atoms with Crippen molar-refractivity contribution in [2.45, 2.75) is 19.9 Å². The summed E-state index contributed by atoms with van der Waals surface area (Å²) in [5.74, 6) is -1.04. The highest BCUT2D eigenvalue weighted by atomic mass is 32.1. The van der Waals surface area contributed by atoms with E-state index in [-0.39, 0.29) is 17.7 Å². The lowest BCUT2D eigenvalue weighted by molar-refractivity contribution is -0.307. The molecule has 0 radical (unpaired) electrons. The molecule has 0 amide bonds. The summed E-state index contributed by atoms with van der Waals surface area (Å²) >= 11 is 1.18. The number of carbonyl (C=O) groups is 2. The number of carboxylic acid groups (broad SMARTS) is 1. The second-order valence-electron chi connectivity index (χ2n) is 7.78. The lowest BCUT2D eigenvalue weighted by Gasteiger charge is -2.25. The van der Waals surface area contributed by atoms with Crippen LogP contribution in [0.5, 0.6) is 11.5 Å². The van der Waals surface area contributed by atoms with Crippen molar-refractivity contribution in [3.8, 4) is 11.5 Å². The van der Waals surface area contributed by atoms with E-state index >= 15 is 0 Å². The van der Waals surface area contributed by atoms with Crippen LogP contribution in [0.25, 0.3) is 6.08 Å². The Hall–Kier alpha value is -4.18. The molecule has 0 fully saturated rings. The van der Waals surface area contributed by atoms with Crippen LogP contribution in [0.4, 0.5) is 0 Å². The first-order valence-electron chi connectivity index (χ1n) is 11.1. The van der Waals surface area contributed by atoms with Gasteiger partial charge in [0.15, 0.2) is 4.80 Å². The minimum Gasteiger partial charge on any atom is -0.546 e. The molecule has 0 saturated heterocycles. The van der Waals surface area contributed by atoms with Gasteiger partial charge in [-0.1, -0.05) is 41.7 Å². The first-order chi connectivity index (χ1) is 17.3. The lowest BCUT2D eigenvalue weighted by atomic mass is 9.95. The van der Waals surface area contributed by atoms with Crippen molar-refractivity contribution in [1.82, 2.24) is 4.57 Å². The van der Waals surface area contributed by atoms with Gasteiger partial charge < -0.3 is 24.1 Å². The fraction of sp³-hybridized carbons (Fsp3) is 0.231. The average molecular weight is 508 g/mol. The molecule has 2 aromatic carbocycles. The van der Waals surface area contributed by atoms with Crippen molar-refractivity contribution in [2.24, 2.45) is 4.99 Å². The zero-order valence-corrected chi connectivity index (χ0v) is 20.7. The van der Waals surface area contributed by atoms with Crippen molar-refractivity contribution in [2.75, 3.05) is 20.3 Å². The van der Waals surface area contributed by atoms with Crippen molar-refractivity contribution >= 4 is 29.4 Å². The number of hydrogen-bond acceptors (Lipinski definition) is 9. The van der Waals surface area contributed by atoms with Gasteiger partial charge in [-0.25, -0.2) is 9.79 Å². The van der Waals surface area contributed by atoms with Gasteiger partial charge in [0, 0.05) is 5.56 Å². The molecule has 4 rings (SSSR count). The number of carbonyl (C=O) groups excluding carboxylic acids is 2. The molecule has 1 aliphatic heterocycles. The first kappa shape index (κ1) is 24.9. The Morgan fingerprint density at radius 1 is 1.19 bits per heavy atom. The zero-order chi connectivity index (χ0) is 25.8. The van der Waals surface area contributed by atoms with Crippen molar-refractivity contribution in [3.05, 3.63) is 90.6 Å². The maximum Gasteiger partial charge on any atom is 0.338 e. The monoisotopic (exact) mass is 507 g/mol. The predicted octanol–water partition coefficient (Wildman–Crippen LogP) is 0.936. The van der Waals surface area contributed by atoms with E-state index in [0.717, 1.165) is 0 Å². The van der Waals surface area contributed by atoms with Crippen LogP contribution in [0.15, 0.2) is 69.6 Å². The van der Waals surface area contributed by atoms with Gasteiger partial charge in [0.05, 0.1) is 35.5 Å². The molecular weight excluding hydrogens is 484 g/mol. The van der Waals surface area contributed by atoms with Gasteiger partial charge in [-0.2, -0.15) is 0 Å². The fourth-order valence-electron chi connectivity index (χ4n) is 3.97. The van der Waals surface area contributed by atoms with Gasteiger partial charge in [-0.3, -0.25) is 9.36 Å². The molecule has 0 saturated carbocycles. The summed E-state index contributed by atoms with van der Waals surface area (Å²) < 4.78 is 17.9. The minimum atomic E-state index is -1.34. The first-order valence-corrected chi connectivity index (χ1v) is 11.9. The van der Waals surface area contributed by atoms with Gasteiger partial charge in [-0.05, 0) is 43.7 Å². The third-order valence-electron chi connectivity index (χ3n) is 5.46. The van der Waals surface area contributed by atoms with Crippen molar-refractivity contribution in [1.29, 1.82) is 0 Å². The quantitative estimate of drug-likeness (QED) is 0.416. The number of esters is 1. The minimum absolute atomic E-state index is 0.176. The topological polar surface area (TPSA) is 119 Å². The number of fused-ring (bicyclic) bond motifs is 1. The van der Waals surface area contributed by atoms with E-state index in [1.54, 1.807) is 56.3 Å². The molecule has 0 N–H and O–H groups in total. The van der Waals surface area contributed by atoms with Crippen LogP contribution in [0.3, 0.4) is 0 Å². The standard InChI is InChI=1S/C26H24N2O7S/c1-4-34-25(32)22-15(2)27-26-28(23(22)18-10-5-6-11-19(18)33-3)24(31)20(36-26)13-16-8-7-9-17(12-16)35-14-21(29)30/h5-13,23H,4,14H2,1-3H3,(H,29,30)/p-1/b20-13-/t23-/m0/s1. The predicted molar refractivity (Wildman–Crippen MR) is 130 cm³/mol. The average Bonchev–Trinajstić information content (AvgIpc) is 3.16. The normalized spacial score (nSPS) is 15.2. The van der Waals surface area contributed by atoms with E-state index < -0.39 is 24.6 Å². The van der Waals surface area contributed by atoms with Crippen LogP contribution in [0.2, 0.25) is 0 Å². The van der Waals surface area contributed by atoms with Crippen LogP contribution < -0.4 is 29.5 Å². The van der Waals surface area contributed by atoms with E-state index in [1.165, 1.54) is 23.0 Å². The Morgan fingerprint density at radius 3 is 2.69 bits per heavy atom. The number of benzene rings is 2. The zero-order valence-electron chi connectivity index (χ0n) is 19.8. The molecule has 2 heterocycles. The summed E-state index contributed by atoms with van der Waals surface area (Å²) in [7, 11) is 1.53. The number of ether oxygens (including phenoxy) is 3. The van der Waals surface area contributed by atoms with E-state index in [2.05, 4.69) is 4.99 Å². The highest BCUT2D eigenvalue weighted by Gasteiger charge is 2.34. The van der Waals surface area contributed by atoms with E-state index in [0.29, 0.717) is 37.7 Å². The number of aliphatic carboxylic acids is 1. The van der Waals surface area contributed by atoms with Crippen LogP contribution >= 0.6 is 11.3 Å². The second kappa shape index (κ2) is 10.6. The summed E-state index contributed by atoms with van der Waals surface area (Å²) in [5.41, 5.74) is 1.63. The molecule has 1 atom stereocenters. The SMILES string of the molecule is CCOC(=O)C1=C(C)N=c2s/c(=C\c3cccc(OCC(=O)[O-])c3)c(=O)n2[C@H]1c1ccccc1OC. The van der Waals surface area contributed by atoms with Crippen molar-refractivity contribution < 1.29 is 28.9 Å². The molecule has 9 nitrogen and oxygen atoms in total. The lowest BCUT2D eigenvalue weighted by Crippen LogP contribution is -2.40. The summed E-state index contributed by atoms with van der Waals surface area (Å²) in [4.78, 5) is 42.4. The number of nitrogens with zero attached hydrogens (tertiary/aromatic N) is 2. The van der Waals surface area contributed by atoms with Crippen LogP contribution in [-0.4, -0.2) is 36.8 Å². The van der Waals surface area contributed by atoms with Gasteiger partial charge >= 0.3 is 5.97 Å². The number of aromatic nitrogens is 1. The van der Waals surface area contributed by atoms with E-state index in [4.69, 9.17) is 14.2 Å². The molecule has 10 heteroatoms. The summed E-state index contributed by atoms with van der Waals surface area (Å²) in [6, 6.07) is 13.1.